The van der Waals surface area contributed by atoms with E-state index in [-0.39, 0.29) is 42.3 Å². The minimum absolute atomic E-state index is 0. The molecule has 1 aliphatic rings. The molecule has 1 heterocycles. The SMILES string of the molecule is COc1ccc(CN=C(NCC(=O)N(C)C)NCc2ccc(N3CCCC3=O)cc2)cc1.I. The number of carbonyl (C=O) groups is 2. The van der Waals surface area contributed by atoms with Crippen molar-refractivity contribution in [3.8, 4) is 5.75 Å². The minimum Gasteiger partial charge on any atom is -0.497 e. The topological polar surface area (TPSA) is 86.3 Å². The number of anilines is 1. The van der Waals surface area contributed by atoms with Crippen molar-refractivity contribution in [1.82, 2.24) is 15.5 Å². The standard InChI is InChI=1S/C24H31N5O3.HI/c1-28(2)23(31)17-27-24(26-16-19-8-12-21(32-3)13-9-19)25-15-18-6-10-20(11-7-18)29-14-4-5-22(29)30;/h6-13H,4-5,14-17H2,1-3H3,(H2,25,26,27);1H. The maximum absolute atomic E-state index is 12.0. The number of guanidine groups is 1. The van der Waals surface area contributed by atoms with E-state index in [1.807, 2.05) is 53.4 Å². The Labute approximate surface area is 212 Å². The minimum atomic E-state index is -0.0384. The lowest BCUT2D eigenvalue weighted by Crippen LogP contribution is -2.42. The maximum atomic E-state index is 12.0. The van der Waals surface area contributed by atoms with E-state index in [9.17, 15) is 9.59 Å². The lowest BCUT2D eigenvalue weighted by Gasteiger charge is -2.17. The summed E-state index contributed by atoms with van der Waals surface area (Å²) in [5, 5.41) is 6.38. The first-order chi connectivity index (χ1) is 15.5. The molecule has 1 aliphatic heterocycles. The third kappa shape index (κ3) is 7.92. The van der Waals surface area contributed by atoms with Gasteiger partial charge in [0, 0.05) is 39.3 Å². The molecule has 0 saturated carbocycles. The molecule has 0 bridgehead atoms. The Morgan fingerprint density at radius 1 is 1.06 bits per heavy atom. The van der Waals surface area contributed by atoms with Gasteiger partial charge in [-0.05, 0) is 41.8 Å². The van der Waals surface area contributed by atoms with Gasteiger partial charge in [0.1, 0.15) is 5.75 Å². The molecule has 2 amide bonds. The number of hydrogen-bond acceptors (Lipinski definition) is 4. The Balaban J connectivity index is 0.00000385. The number of nitrogens with one attached hydrogen (secondary N) is 2. The monoisotopic (exact) mass is 565 g/mol. The highest BCUT2D eigenvalue weighted by Gasteiger charge is 2.21. The molecule has 1 fully saturated rings. The zero-order valence-corrected chi connectivity index (χ0v) is 21.7. The Hall–Kier alpha value is -2.82. The van der Waals surface area contributed by atoms with Crippen molar-refractivity contribution in [1.29, 1.82) is 0 Å². The van der Waals surface area contributed by atoms with Crippen molar-refractivity contribution in [2.24, 2.45) is 4.99 Å². The Kier molecular flexibility index (Phi) is 10.4. The van der Waals surface area contributed by atoms with Crippen molar-refractivity contribution in [2.45, 2.75) is 25.9 Å². The van der Waals surface area contributed by atoms with Crippen molar-refractivity contribution in [2.75, 3.05) is 39.2 Å². The van der Waals surface area contributed by atoms with Gasteiger partial charge in [-0.1, -0.05) is 24.3 Å². The van der Waals surface area contributed by atoms with E-state index in [1.54, 1.807) is 21.2 Å². The number of rotatable bonds is 8. The summed E-state index contributed by atoms with van der Waals surface area (Å²) in [5.74, 6) is 1.49. The zero-order valence-electron chi connectivity index (χ0n) is 19.3. The summed E-state index contributed by atoms with van der Waals surface area (Å²) in [7, 11) is 5.08. The number of ether oxygens (including phenoxy) is 1. The van der Waals surface area contributed by atoms with Crippen LogP contribution in [0.1, 0.15) is 24.0 Å². The summed E-state index contributed by atoms with van der Waals surface area (Å²) >= 11 is 0. The Morgan fingerprint density at radius 3 is 2.30 bits per heavy atom. The van der Waals surface area contributed by atoms with Gasteiger partial charge < -0.3 is 25.2 Å². The molecule has 178 valence electrons. The Bertz CT molecular complexity index is 946. The van der Waals surface area contributed by atoms with Crippen LogP contribution in [-0.4, -0.2) is 57.0 Å². The van der Waals surface area contributed by atoms with Crippen LogP contribution in [-0.2, 0) is 22.7 Å². The maximum Gasteiger partial charge on any atom is 0.241 e. The summed E-state index contributed by atoms with van der Waals surface area (Å²) in [6.45, 7) is 1.93. The Morgan fingerprint density at radius 2 is 1.73 bits per heavy atom. The largest absolute Gasteiger partial charge is 0.497 e. The first kappa shape index (κ1) is 26.4. The predicted molar refractivity (Wildman–Crippen MR) is 141 cm³/mol. The van der Waals surface area contributed by atoms with E-state index in [0.29, 0.717) is 25.5 Å². The molecule has 33 heavy (non-hydrogen) atoms. The van der Waals surface area contributed by atoms with Gasteiger partial charge in [0.15, 0.2) is 5.96 Å². The van der Waals surface area contributed by atoms with Crippen LogP contribution in [0, 0.1) is 0 Å². The molecular weight excluding hydrogens is 533 g/mol. The number of halogens is 1. The molecule has 0 radical (unpaired) electrons. The quantitative estimate of drug-likeness (QED) is 0.292. The van der Waals surface area contributed by atoms with Crippen LogP contribution in [0.5, 0.6) is 5.75 Å². The second-order valence-corrected chi connectivity index (χ2v) is 7.82. The van der Waals surface area contributed by atoms with E-state index in [4.69, 9.17) is 4.74 Å². The molecule has 0 unspecified atom stereocenters. The lowest BCUT2D eigenvalue weighted by atomic mass is 10.2. The van der Waals surface area contributed by atoms with E-state index >= 15 is 0 Å². The summed E-state index contributed by atoms with van der Waals surface area (Å²) in [6, 6.07) is 15.7. The van der Waals surface area contributed by atoms with Gasteiger partial charge in [-0.3, -0.25) is 9.59 Å². The molecule has 0 spiro atoms. The number of nitrogens with zero attached hydrogens (tertiary/aromatic N) is 3. The van der Waals surface area contributed by atoms with Crippen molar-refractivity contribution in [3.63, 3.8) is 0 Å². The van der Waals surface area contributed by atoms with Gasteiger partial charge in [0.05, 0.1) is 20.2 Å². The molecule has 0 atom stereocenters. The van der Waals surface area contributed by atoms with Crippen molar-refractivity contribution in [3.05, 3.63) is 59.7 Å². The second kappa shape index (κ2) is 13.0. The predicted octanol–water partition coefficient (Wildman–Crippen LogP) is 2.76. The number of methoxy groups -OCH3 is 1. The van der Waals surface area contributed by atoms with E-state index in [0.717, 1.165) is 35.5 Å². The number of likely N-dealkylation sites (N-methyl/N-ethyl adjacent to an activating group) is 1. The van der Waals surface area contributed by atoms with Crippen LogP contribution in [0.25, 0.3) is 0 Å². The summed E-state index contributed by atoms with van der Waals surface area (Å²) in [6.07, 6.45) is 1.53. The fraction of sp³-hybridized carbons (Fsp3) is 0.375. The molecule has 0 aliphatic carbocycles. The van der Waals surface area contributed by atoms with Crippen LogP contribution in [0.3, 0.4) is 0 Å². The van der Waals surface area contributed by atoms with Gasteiger partial charge in [-0.2, -0.15) is 0 Å². The fourth-order valence-electron chi connectivity index (χ4n) is 3.29. The average molecular weight is 565 g/mol. The van der Waals surface area contributed by atoms with Crippen LogP contribution in [0.2, 0.25) is 0 Å². The molecule has 3 rings (SSSR count). The third-order valence-electron chi connectivity index (χ3n) is 5.27. The van der Waals surface area contributed by atoms with E-state index in [1.165, 1.54) is 4.90 Å². The van der Waals surface area contributed by atoms with Crippen molar-refractivity contribution < 1.29 is 14.3 Å². The molecular formula is C24H32IN5O3. The van der Waals surface area contributed by atoms with Gasteiger partial charge in [0.25, 0.3) is 0 Å². The fourth-order valence-corrected chi connectivity index (χ4v) is 3.29. The number of benzene rings is 2. The van der Waals surface area contributed by atoms with Gasteiger partial charge >= 0.3 is 0 Å². The third-order valence-corrected chi connectivity index (χ3v) is 5.27. The summed E-state index contributed by atoms with van der Waals surface area (Å²) in [4.78, 5) is 31.9. The highest BCUT2D eigenvalue weighted by Crippen LogP contribution is 2.21. The molecule has 1 saturated heterocycles. The van der Waals surface area contributed by atoms with Crippen molar-refractivity contribution >= 4 is 47.4 Å². The molecule has 9 heteroatoms. The number of hydrogen-bond donors (Lipinski definition) is 2. The second-order valence-electron chi connectivity index (χ2n) is 7.82. The normalized spacial score (nSPS) is 13.4. The summed E-state index contributed by atoms with van der Waals surface area (Å²) in [5.41, 5.74) is 3.02. The number of carbonyl (C=O) groups excluding carboxylic acids is 2. The van der Waals surface area contributed by atoms with Crippen LogP contribution >= 0.6 is 24.0 Å². The number of aliphatic imine (C=N–C) groups is 1. The average Bonchev–Trinajstić information content (AvgIpc) is 3.24. The van der Waals surface area contributed by atoms with Gasteiger partial charge in [-0.15, -0.1) is 24.0 Å². The lowest BCUT2D eigenvalue weighted by molar-refractivity contribution is -0.127. The summed E-state index contributed by atoms with van der Waals surface area (Å²) < 4.78 is 5.19. The van der Waals surface area contributed by atoms with Crippen LogP contribution in [0.15, 0.2) is 53.5 Å². The van der Waals surface area contributed by atoms with Gasteiger partial charge in [0.2, 0.25) is 11.8 Å². The highest BCUT2D eigenvalue weighted by atomic mass is 127. The smallest absolute Gasteiger partial charge is 0.241 e. The van der Waals surface area contributed by atoms with Crippen LogP contribution in [0.4, 0.5) is 5.69 Å². The molecule has 2 aromatic rings. The van der Waals surface area contributed by atoms with E-state index < -0.39 is 0 Å². The highest BCUT2D eigenvalue weighted by molar-refractivity contribution is 14.0. The molecule has 2 aromatic carbocycles. The van der Waals surface area contributed by atoms with Gasteiger partial charge in [-0.25, -0.2) is 4.99 Å². The first-order valence-electron chi connectivity index (χ1n) is 10.7. The zero-order chi connectivity index (χ0) is 22.9. The van der Waals surface area contributed by atoms with Crippen LogP contribution < -0.4 is 20.3 Å². The number of amides is 2. The van der Waals surface area contributed by atoms with E-state index in [2.05, 4.69) is 15.6 Å². The molecule has 8 nitrogen and oxygen atoms in total. The first-order valence-corrected chi connectivity index (χ1v) is 10.7. The molecule has 2 N–H and O–H groups in total. The molecule has 0 aromatic heterocycles.